The van der Waals surface area contributed by atoms with Crippen LogP contribution < -0.4 is 14.8 Å². The molecule has 2 aromatic carbocycles. The van der Waals surface area contributed by atoms with Crippen LogP contribution >= 0.6 is 0 Å². The maximum Gasteiger partial charge on any atom is 0.338 e. The van der Waals surface area contributed by atoms with Crippen LogP contribution in [0.15, 0.2) is 47.7 Å². The van der Waals surface area contributed by atoms with E-state index in [0.717, 1.165) is 23.2 Å². The molecule has 0 unspecified atom stereocenters. The van der Waals surface area contributed by atoms with Crippen molar-refractivity contribution in [3.8, 4) is 17.2 Å². The van der Waals surface area contributed by atoms with E-state index >= 15 is 0 Å². The molecule has 2 heterocycles. The first-order valence-electron chi connectivity index (χ1n) is 10.6. The maximum absolute atomic E-state index is 13.2. The zero-order chi connectivity index (χ0) is 22.8. The molecule has 1 atom stereocenters. The Kier molecular flexibility index (Phi) is 5.94. The average Bonchev–Trinajstić information content (AvgIpc) is 3.17. The highest BCUT2D eigenvalue weighted by molar-refractivity contribution is 5.94. The number of fused-ring (bicyclic) bond motifs is 3. The summed E-state index contributed by atoms with van der Waals surface area (Å²) in [6.07, 6.45) is 1.49. The van der Waals surface area contributed by atoms with Crippen LogP contribution in [0, 0.1) is 0 Å². The van der Waals surface area contributed by atoms with E-state index in [1.807, 2.05) is 28.8 Å². The molecular formula is C24H27N3O5. The van der Waals surface area contributed by atoms with E-state index in [1.165, 1.54) is 14.2 Å². The second kappa shape index (κ2) is 8.82. The van der Waals surface area contributed by atoms with Gasteiger partial charge in [0.1, 0.15) is 0 Å². The zero-order valence-electron chi connectivity index (χ0n) is 18.6. The highest BCUT2D eigenvalue weighted by Crippen LogP contribution is 2.45. The first-order chi connectivity index (χ1) is 15.5. The van der Waals surface area contributed by atoms with Gasteiger partial charge in [-0.25, -0.2) is 9.78 Å². The molecule has 3 aromatic rings. The molecule has 1 aromatic heterocycles. The minimum absolute atomic E-state index is 0.0983. The minimum Gasteiger partial charge on any atom is -0.502 e. The van der Waals surface area contributed by atoms with E-state index in [0.29, 0.717) is 23.5 Å². The number of ether oxygens (including phenoxy) is 3. The largest absolute Gasteiger partial charge is 0.502 e. The first kappa shape index (κ1) is 21.5. The van der Waals surface area contributed by atoms with Crippen LogP contribution in [0.3, 0.4) is 0 Å². The lowest BCUT2D eigenvalue weighted by molar-refractivity contribution is -0.139. The van der Waals surface area contributed by atoms with E-state index in [9.17, 15) is 9.90 Å². The molecule has 0 saturated carbocycles. The van der Waals surface area contributed by atoms with Crippen LogP contribution in [0.1, 0.15) is 38.3 Å². The lowest BCUT2D eigenvalue weighted by atomic mass is 9.92. The number of nitrogens with zero attached hydrogens (tertiary/aromatic N) is 2. The van der Waals surface area contributed by atoms with Gasteiger partial charge in [-0.3, -0.25) is 4.57 Å². The molecule has 4 rings (SSSR count). The lowest BCUT2D eigenvalue weighted by Gasteiger charge is -2.31. The molecule has 2 N–H and O–H groups in total. The van der Waals surface area contributed by atoms with E-state index in [2.05, 4.69) is 12.2 Å². The number of hydrogen-bond donors (Lipinski definition) is 2. The second-order valence-corrected chi connectivity index (χ2v) is 7.46. The summed E-state index contributed by atoms with van der Waals surface area (Å²) in [5, 5.41) is 13.8. The molecular weight excluding hydrogens is 410 g/mol. The van der Waals surface area contributed by atoms with Crippen molar-refractivity contribution in [2.45, 2.75) is 32.7 Å². The molecule has 8 nitrogen and oxygen atoms in total. The summed E-state index contributed by atoms with van der Waals surface area (Å²) in [4.78, 5) is 18.0. The molecule has 0 spiro atoms. The molecule has 0 aliphatic carbocycles. The number of phenols is 1. The van der Waals surface area contributed by atoms with Gasteiger partial charge in [0, 0.05) is 5.70 Å². The fraction of sp³-hybridized carbons (Fsp3) is 0.333. The van der Waals surface area contributed by atoms with Crippen molar-refractivity contribution >= 4 is 23.0 Å². The molecule has 0 amide bonds. The molecule has 1 aliphatic rings. The number of hydrogen-bond acceptors (Lipinski definition) is 7. The predicted molar refractivity (Wildman–Crippen MR) is 121 cm³/mol. The van der Waals surface area contributed by atoms with Gasteiger partial charge in [-0.15, -0.1) is 0 Å². The average molecular weight is 437 g/mol. The minimum atomic E-state index is -0.553. The predicted octanol–water partition coefficient (Wildman–Crippen LogP) is 4.39. The number of methoxy groups -OCH3 is 2. The summed E-state index contributed by atoms with van der Waals surface area (Å²) in [7, 11) is 2.95. The number of carbonyl (C=O) groups is 1. The first-order valence-corrected chi connectivity index (χ1v) is 10.6. The van der Waals surface area contributed by atoms with Gasteiger partial charge in [0.15, 0.2) is 11.5 Å². The van der Waals surface area contributed by atoms with Crippen LogP contribution in [0.2, 0.25) is 0 Å². The third kappa shape index (κ3) is 3.51. The van der Waals surface area contributed by atoms with E-state index in [4.69, 9.17) is 19.2 Å². The monoisotopic (exact) mass is 437 g/mol. The van der Waals surface area contributed by atoms with E-state index < -0.39 is 12.0 Å². The third-order valence-corrected chi connectivity index (χ3v) is 5.53. The summed E-state index contributed by atoms with van der Waals surface area (Å²) >= 11 is 0. The van der Waals surface area contributed by atoms with Gasteiger partial charge in [0.25, 0.3) is 0 Å². The summed E-state index contributed by atoms with van der Waals surface area (Å²) in [5.41, 5.74) is 3.64. The van der Waals surface area contributed by atoms with Crippen molar-refractivity contribution in [3.63, 3.8) is 0 Å². The van der Waals surface area contributed by atoms with Crippen molar-refractivity contribution in [2.24, 2.45) is 0 Å². The van der Waals surface area contributed by atoms with E-state index in [-0.39, 0.29) is 23.9 Å². The second-order valence-electron chi connectivity index (χ2n) is 7.46. The summed E-state index contributed by atoms with van der Waals surface area (Å²) in [6.45, 7) is 4.10. The number of nitrogens with one attached hydrogen (secondary N) is 1. The zero-order valence-corrected chi connectivity index (χ0v) is 18.6. The summed E-state index contributed by atoms with van der Waals surface area (Å²) in [5.74, 6) is 0.647. The number of imidazole rings is 1. The van der Waals surface area contributed by atoms with Crippen LogP contribution in [0.4, 0.5) is 5.95 Å². The molecule has 0 radical (unpaired) electrons. The Morgan fingerprint density at radius 3 is 2.47 bits per heavy atom. The van der Waals surface area contributed by atoms with Crippen LogP contribution in [0.5, 0.6) is 17.2 Å². The SMILES string of the molecule is CCCC1=C(C(=O)OCC)[C@H](c2cc(OC)c(O)c(OC)c2)n2c(nc3ccccc32)N1. The fourth-order valence-corrected chi connectivity index (χ4v) is 4.17. The molecule has 0 saturated heterocycles. The Hall–Kier alpha value is -3.68. The Morgan fingerprint density at radius 2 is 1.84 bits per heavy atom. The van der Waals surface area contributed by atoms with Crippen LogP contribution in [-0.2, 0) is 9.53 Å². The highest BCUT2D eigenvalue weighted by Gasteiger charge is 2.36. The van der Waals surface area contributed by atoms with Gasteiger partial charge >= 0.3 is 5.97 Å². The maximum atomic E-state index is 13.2. The number of anilines is 1. The molecule has 32 heavy (non-hydrogen) atoms. The Balaban J connectivity index is 2.04. The van der Waals surface area contributed by atoms with Gasteiger partial charge in [-0.1, -0.05) is 25.5 Å². The summed E-state index contributed by atoms with van der Waals surface area (Å²) in [6, 6.07) is 10.6. The molecule has 1 aliphatic heterocycles. The number of benzene rings is 2. The lowest BCUT2D eigenvalue weighted by Crippen LogP contribution is -2.29. The Bertz CT molecular complexity index is 1170. The van der Waals surface area contributed by atoms with Gasteiger partial charge in [0.05, 0.1) is 43.5 Å². The number of carbonyl (C=O) groups excluding carboxylic acids is 1. The molecule has 0 bridgehead atoms. The fourth-order valence-electron chi connectivity index (χ4n) is 4.17. The quantitative estimate of drug-likeness (QED) is 0.529. The topological polar surface area (TPSA) is 94.8 Å². The Morgan fingerprint density at radius 1 is 1.16 bits per heavy atom. The van der Waals surface area contributed by atoms with Gasteiger partial charge < -0.3 is 24.6 Å². The number of phenolic OH excluding ortho intramolecular Hbond substituents is 1. The summed E-state index contributed by atoms with van der Waals surface area (Å²) < 4.78 is 18.2. The number of aromatic nitrogens is 2. The molecule has 168 valence electrons. The van der Waals surface area contributed by atoms with Crippen molar-refractivity contribution in [2.75, 3.05) is 26.1 Å². The highest BCUT2D eigenvalue weighted by atomic mass is 16.5. The number of para-hydroxylation sites is 2. The van der Waals surface area contributed by atoms with Gasteiger partial charge in [-0.05, 0) is 43.2 Å². The number of aromatic hydroxyl groups is 1. The van der Waals surface area contributed by atoms with Crippen molar-refractivity contribution in [1.29, 1.82) is 0 Å². The van der Waals surface area contributed by atoms with E-state index in [1.54, 1.807) is 19.1 Å². The van der Waals surface area contributed by atoms with Gasteiger partial charge in [-0.2, -0.15) is 0 Å². The normalized spacial score (nSPS) is 15.3. The van der Waals surface area contributed by atoms with Crippen LogP contribution in [-0.4, -0.2) is 41.5 Å². The van der Waals surface area contributed by atoms with Crippen LogP contribution in [0.25, 0.3) is 11.0 Å². The van der Waals surface area contributed by atoms with Gasteiger partial charge in [0.2, 0.25) is 11.7 Å². The number of allylic oxidation sites excluding steroid dienone is 1. The molecule has 0 fully saturated rings. The van der Waals surface area contributed by atoms with Crippen molar-refractivity contribution < 1.29 is 24.1 Å². The molecule has 8 heteroatoms. The number of esters is 1. The van der Waals surface area contributed by atoms with Crippen molar-refractivity contribution in [1.82, 2.24) is 9.55 Å². The standard InChI is InChI=1S/C24H27N3O5/c1-5-9-16-20(23(29)32-6-2)21(14-12-18(30-3)22(28)19(13-14)31-4)27-17-11-8-7-10-15(17)25-24(27)26-16/h7-8,10-13,21,28H,5-6,9H2,1-4H3,(H,25,26)/t21-/m0/s1. The van der Waals surface area contributed by atoms with Crippen molar-refractivity contribution in [3.05, 3.63) is 53.2 Å². The number of rotatable bonds is 7. The smallest absolute Gasteiger partial charge is 0.338 e. The Labute approximate surface area is 186 Å². The third-order valence-electron chi connectivity index (χ3n) is 5.53.